The monoisotopic (exact) mass is 260 g/mol. The highest BCUT2D eigenvalue weighted by Gasteiger charge is 2.09. The maximum absolute atomic E-state index is 9.02. The van der Waals surface area contributed by atoms with Crippen LogP contribution in [-0.4, -0.2) is 17.2 Å². The quantitative estimate of drug-likeness (QED) is 0.584. The van der Waals surface area contributed by atoms with E-state index in [0.717, 1.165) is 12.3 Å². The number of benzene rings is 1. The molecule has 1 rings (SSSR count). The van der Waals surface area contributed by atoms with Gasteiger partial charge in [0.15, 0.2) is 0 Å². The lowest BCUT2D eigenvalue weighted by atomic mass is 9.80. The van der Waals surface area contributed by atoms with Gasteiger partial charge in [-0.15, -0.1) is 0 Å². The Hall–Kier alpha value is -1.06. The Morgan fingerprint density at radius 1 is 1.16 bits per heavy atom. The first kappa shape index (κ1) is 16.0. The summed E-state index contributed by atoms with van der Waals surface area (Å²) in [6.45, 7) is 6.58. The second-order valence-corrected chi connectivity index (χ2v) is 5.62. The summed E-state index contributed by atoms with van der Waals surface area (Å²) < 4.78 is 0. The molecule has 3 heteroatoms. The van der Waals surface area contributed by atoms with Crippen molar-refractivity contribution in [2.24, 2.45) is 5.92 Å². The van der Waals surface area contributed by atoms with Gasteiger partial charge >= 0.3 is 7.12 Å². The fraction of sp³-hybridized carbons (Fsp3) is 0.500. The number of allylic oxidation sites excluding steroid dienone is 2. The predicted octanol–water partition coefficient (Wildman–Crippen LogP) is 2.68. The molecule has 2 N–H and O–H groups in total. The van der Waals surface area contributed by atoms with E-state index in [1.807, 2.05) is 12.1 Å². The van der Waals surface area contributed by atoms with Crippen molar-refractivity contribution in [3.63, 3.8) is 0 Å². The second kappa shape index (κ2) is 8.18. The van der Waals surface area contributed by atoms with Gasteiger partial charge in [0.25, 0.3) is 0 Å². The van der Waals surface area contributed by atoms with Gasteiger partial charge in [-0.05, 0) is 56.5 Å². The fourth-order valence-corrected chi connectivity index (χ4v) is 2.07. The standard InChI is InChI=1S/C16H25BO2/c1-13(2)5-4-6-14(3)7-8-15-9-11-16(12-10-15)17(18)19/h5,9-12,14,18-19H,4,6-8H2,1-3H3. The number of rotatable bonds is 7. The van der Waals surface area contributed by atoms with Gasteiger partial charge in [-0.2, -0.15) is 0 Å². The first-order chi connectivity index (χ1) is 8.99. The molecule has 19 heavy (non-hydrogen) atoms. The molecule has 0 aromatic heterocycles. The Kier molecular flexibility index (Phi) is 6.89. The largest absolute Gasteiger partial charge is 0.488 e. The van der Waals surface area contributed by atoms with Crippen molar-refractivity contribution in [1.29, 1.82) is 0 Å². The zero-order chi connectivity index (χ0) is 14.3. The van der Waals surface area contributed by atoms with Crippen LogP contribution in [0.25, 0.3) is 0 Å². The molecule has 0 amide bonds. The molecule has 0 aliphatic heterocycles. The zero-order valence-electron chi connectivity index (χ0n) is 12.3. The van der Waals surface area contributed by atoms with Crippen LogP contribution in [0.4, 0.5) is 0 Å². The third kappa shape index (κ3) is 6.60. The van der Waals surface area contributed by atoms with Crippen LogP contribution in [0.3, 0.4) is 0 Å². The first-order valence-corrected chi connectivity index (χ1v) is 7.07. The zero-order valence-corrected chi connectivity index (χ0v) is 12.3. The molecule has 2 nitrogen and oxygen atoms in total. The van der Waals surface area contributed by atoms with Crippen LogP contribution in [0.15, 0.2) is 35.9 Å². The highest BCUT2D eigenvalue weighted by Crippen LogP contribution is 2.15. The molecule has 1 aromatic rings. The van der Waals surface area contributed by atoms with Gasteiger partial charge in [-0.3, -0.25) is 0 Å². The minimum absolute atomic E-state index is 0.556. The molecule has 0 heterocycles. The SMILES string of the molecule is CC(C)=CCCC(C)CCc1ccc(B(O)O)cc1. The number of hydrogen-bond acceptors (Lipinski definition) is 2. The van der Waals surface area contributed by atoms with Crippen LogP contribution in [-0.2, 0) is 6.42 Å². The van der Waals surface area contributed by atoms with E-state index in [1.165, 1.54) is 30.4 Å². The van der Waals surface area contributed by atoms with E-state index >= 15 is 0 Å². The summed E-state index contributed by atoms with van der Waals surface area (Å²) in [7, 11) is -1.36. The molecule has 0 aliphatic carbocycles. The molecule has 0 bridgehead atoms. The molecule has 0 saturated heterocycles. The Morgan fingerprint density at radius 2 is 1.79 bits per heavy atom. The Bertz CT molecular complexity index is 392. The lowest BCUT2D eigenvalue weighted by Gasteiger charge is -2.10. The second-order valence-electron chi connectivity index (χ2n) is 5.62. The van der Waals surface area contributed by atoms with Crippen molar-refractivity contribution >= 4 is 12.6 Å². The molecule has 1 atom stereocenters. The molecule has 0 saturated carbocycles. The molecular formula is C16H25BO2. The summed E-state index contributed by atoms with van der Waals surface area (Å²) in [6.07, 6.45) is 6.93. The lowest BCUT2D eigenvalue weighted by Crippen LogP contribution is -2.29. The highest BCUT2D eigenvalue weighted by molar-refractivity contribution is 6.58. The summed E-state index contributed by atoms with van der Waals surface area (Å²) in [5, 5.41) is 18.0. The van der Waals surface area contributed by atoms with Crippen LogP contribution in [0, 0.1) is 5.92 Å². The van der Waals surface area contributed by atoms with Crippen LogP contribution in [0.1, 0.15) is 45.6 Å². The van der Waals surface area contributed by atoms with Gasteiger partial charge < -0.3 is 10.0 Å². The minimum Gasteiger partial charge on any atom is -0.423 e. The first-order valence-electron chi connectivity index (χ1n) is 7.07. The van der Waals surface area contributed by atoms with Crippen LogP contribution >= 0.6 is 0 Å². The summed E-state index contributed by atoms with van der Waals surface area (Å²) in [5.41, 5.74) is 3.21. The van der Waals surface area contributed by atoms with Gasteiger partial charge in [0, 0.05) is 0 Å². The fourth-order valence-electron chi connectivity index (χ4n) is 2.07. The normalized spacial score (nSPS) is 12.1. The van der Waals surface area contributed by atoms with E-state index in [0.29, 0.717) is 5.46 Å². The molecule has 0 aliphatic rings. The van der Waals surface area contributed by atoms with Gasteiger partial charge in [0.1, 0.15) is 0 Å². The van der Waals surface area contributed by atoms with Gasteiger partial charge in [0.05, 0.1) is 0 Å². The van der Waals surface area contributed by atoms with Gasteiger partial charge in [0.2, 0.25) is 0 Å². The number of hydrogen-bond donors (Lipinski definition) is 2. The van der Waals surface area contributed by atoms with Crippen molar-refractivity contribution in [2.45, 2.75) is 46.5 Å². The van der Waals surface area contributed by atoms with Crippen LogP contribution in [0.5, 0.6) is 0 Å². The number of aryl methyl sites for hydroxylation is 1. The van der Waals surface area contributed by atoms with Gasteiger partial charge in [-0.1, -0.05) is 42.8 Å². The summed E-state index contributed by atoms with van der Waals surface area (Å²) >= 11 is 0. The average molecular weight is 260 g/mol. The molecular weight excluding hydrogens is 235 g/mol. The van der Waals surface area contributed by atoms with E-state index in [9.17, 15) is 0 Å². The van der Waals surface area contributed by atoms with Crippen molar-refractivity contribution in [2.75, 3.05) is 0 Å². The predicted molar refractivity (Wildman–Crippen MR) is 82.4 cm³/mol. The highest BCUT2D eigenvalue weighted by atomic mass is 16.4. The minimum atomic E-state index is -1.36. The lowest BCUT2D eigenvalue weighted by molar-refractivity contribution is 0.426. The summed E-state index contributed by atoms with van der Waals surface area (Å²) in [5.74, 6) is 0.721. The van der Waals surface area contributed by atoms with E-state index < -0.39 is 7.12 Å². The van der Waals surface area contributed by atoms with Crippen molar-refractivity contribution in [1.82, 2.24) is 0 Å². The smallest absolute Gasteiger partial charge is 0.423 e. The van der Waals surface area contributed by atoms with Crippen molar-refractivity contribution in [3.8, 4) is 0 Å². The topological polar surface area (TPSA) is 40.5 Å². The third-order valence-corrected chi connectivity index (χ3v) is 3.42. The van der Waals surface area contributed by atoms with E-state index in [1.54, 1.807) is 12.1 Å². The molecule has 1 unspecified atom stereocenters. The van der Waals surface area contributed by atoms with E-state index in [2.05, 4.69) is 26.8 Å². The third-order valence-electron chi connectivity index (χ3n) is 3.42. The molecule has 1 aromatic carbocycles. The average Bonchev–Trinajstić information content (AvgIpc) is 2.36. The molecule has 0 spiro atoms. The van der Waals surface area contributed by atoms with Gasteiger partial charge in [-0.25, -0.2) is 0 Å². The molecule has 0 radical (unpaired) electrons. The summed E-state index contributed by atoms with van der Waals surface area (Å²) in [6, 6.07) is 7.54. The van der Waals surface area contributed by atoms with Crippen LogP contribution in [0.2, 0.25) is 0 Å². The Balaban J connectivity index is 2.33. The Morgan fingerprint density at radius 3 is 2.32 bits per heavy atom. The van der Waals surface area contributed by atoms with Crippen molar-refractivity contribution in [3.05, 3.63) is 41.5 Å². The molecule has 0 fully saturated rings. The van der Waals surface area contributed by atoms with E-state index in [4.69, 9.17) is 10.0 Å². The maximum atomic E-state index is 9.02. The van der Waals surface area contributed by atoms with E-state index in [-0.39, 0.29) is 0 Å². The maximum Gasteiger partial charge on any atom is 0.488 e. The van der Waals surface area contributed by atoms with Crippen molar-refractivity contribution < 1.29 is 10.0 Å². The Labute approximate surface area is 117 Å². The summed E-state index contributed by atoms with van der Waals surface area (Å²) in [4.78, 5) is 0. The van der Waals surface area contributed by atoms with Crippen LogP contribution < -0.4 is 5.46 Å². The molecule has 104 valence electrons.